The van der Waals surface area contributed by atoms with Gasteiger partial charge in [0.05, 0.1) is 6.10 Å². The Hall–Kier alpha value is -1.92. The predicted molar refractivity (Wildman–Crippen MR) is 101 cm³/mol. The number of hydrogen-bond acceptors (Lipinski definition) is 4. The van der Waals surface area contributed by atoms with Crippen molar-refractivity contribution in [3.8, 4) is 0 Å². The molecule has 1 saturated heterocycles. The molecule has 2 amide bonds. The second kappa shape index (κ2) is 10.9. The van der Waals surface area contributed by atoms with E-state index in [1.165, 1.54) is 0 Å². The number of hydrogen-bond donors (Lipinski definition) is 1. The SMILES string of the molecule is CC(=O)N(CCC(=O)N1CCC(OCCCN)CC1)Cc1ccccc1. The Labute approximate surface area is 156 Å². The van der Waals surface area contributed by atoms with Gasteiger partial charge in [0.25, 0.3) is 0 Å². The smallest absolute Gasteiger partial charge is 0.224 e. The van der Waals surface area contributed by atoms with E-state index in [2.05, 4.69) is 0 Å². The molecule has 1 aliphatic rings. The molecular formula is C20H31N3O3. The molecule has 0 aromatic heterocycles. The van der Waals surface area contributed by atoms with Crippen molar-refractivity contribution < 1.29 is 14.3 Å². The Balaban J connectivity index is 1.73. The molecule has 0 bridgehead atoms. The second-order valence-corrected chi connectivity index (χ2v) is 6.77. The first kappa shape index (κ1) is 20.4. The van der Waals surface area contributed by atoms with Gasteiger partial charge in [-0.1, -0.05) is 30.3 Å². The van der Waals surface area contributed by atoms with Crippen LogP contribution in [0.5, 0.6) is 0 Å². The molecule has 6 heteroatoms. The van der Waals surface area contributed by atoms with Gasteiger partial charge < -0.3 is 20.3 Å². The van der Waals surface area contributed by atoms with Gasteiger partial charge in [0.2, 0.25) is 11.8 Å². The molecule has 0 saturated carbocycles. The summed E-state index contributed by atoms with van der Waals surface area (Å²) in [7, 11) is 0. The van der Waals surface area contributed by atoms with Gasteiger partial charge in [-0.25, -0.2) is 0 Å². The van der Waals surface area contributed by atoms with E-state index in [-0.39, 0.29) is 17.9 Å². The maximum absolute atomic E-state index is 12.5. The zero-order valence-electron chi connectivity index (χ0n) is 15.7. The Morgan fingerprint density at radius 2 is 1.92 bits per heavy atom. The lowest BCUT2D eigenvalue weighted by atomic mass is 10.1. The topological polar surface area (TPSA) is 75.9 Å². The lowest BCUT2D eigenvalue weighted by molar-refractivity contribution is -0.135. The van der Waals surface area contributed by atoms with Crippen LogP contribution in [-0.4, -0.2) is 60.5 Å². The summed E-state index contributed by atoms with van der Waals surface area (Å²) >= 11 is 0. The number of piperidine rings is 1. The average molecular weight is 361 g/mol. The molecule has 1 fully saturated rings. The van der Waals surface area contributed by atoms with Crippen molar-refractivity contribution in [1.82, 2.24) is 9.80 Å². The van der Waals surface area contributed by atoms with Crippen LogP contribution >= 0.6 is 0 Å². The fourth-order valence-corrected chi connectivity index (χ4v) is 3.15. The molecule has 1 aromatic carbocycles. The number of nitrogens with two attached hydrogens (primary N) is 1. The Morgan fingerprint density at radius 3 is 2.54 bits per heavy atom. The van der Waals surface area contributed by atoms with Crippen LogP contribution in [0.25, 0.3) is 0 Å². The zero-order chi connectivity index (χ0) is 18.8. The Bertz CT molecular complexity index is 557. The van der Waals surface area contributed by atoms with E-state index in [1.807, 2.05) is 35.2 Å². The van der Waals surface area contributed by atoms with E-state index in [1.54, 1.807) is 11.8 Å². The third-order valence-electron chi connectivity index (χ3n) is 4.75. The summed E-state index contributed by atoms with van der Waals surface area (Å²) in [4.78, 5) is 28.0. The third-order valence-corrected chi connectivity index (χ3v) is 4.75. The van der Waals surface area contributed by atoms with Crippen molar-refractivity contribution >= 4 is 11.8 Å². The molecule has 1 heterocycles. The fourth-order valence-electron chi connectivity index (χ4n) is 3.15. The second-order valence-electron chi connectivity index (χ2n) is 6.77. The predicted octanol–water partition coefficient (Wildman–Crippen LogP) is 1.78. The van der Waals surface area contributed by atoms with E-state index in [9.17, 15) is 9.59 Å². The minimum atomic E-state index is -0.00587. The maximum Gasteiger partial charge on any atom is 0.224 e. The number of nitrogens with zero attached hydrogens (tertiary/aromatic N) is 2. The normalized spacial score (nSPS) is 15.1. The zero-order valence-corrected chi connectivity index (χ0v) is 15.7. The van der Waals surface area contributed by atoms with Crippen LogP contribution < -0.4 is 5.73 Å². The minimum absolute atomic E-state index is 0.00587. The number of benzene rings is 1. The van der Waals surface area contributed by atoms with Gasteiger partial charge in [-0.2, -0.15) is 0 Å². The van der Waals surface area contributed by atoms with E-state index < -0.39 is 0 Å². The lowest BCUT2D eigenvalue weighted by Gasteiger charge is -2.32. The fraction of sp³-hybridized carbons (Fsp3) is 0.600. The number of rotatable bonds is 9. The van der Waals surface area contributed by atoms with Crippen molar-refractivity contribution in [3.05, 3.63) is 35.9 Å². The van der Waals surface area contributed by atoms with Gasteiger partial charge in [0, 0.05) is 46.1 Å². The molecule has 0 spiro atoms. The molecule has 0 unspecified atom stereocenters. The van der Waals surface area contributed by atoms with E-state index in [0.29, 0.717) is 32.7 Å². The van der Waals surface area contributed by atoms with E-state index in [4.69, 9.17) is 10.5 Å². The van der Waals surface area contributed by atoms with Gasteiger partial charge in [0.15, 0.2) is 0 Å². The van der Waals surface area contributed by atoms with Crippen LogP contribution in [0.4, 0.5) is 0 Å². The molecule has 26 heavy (non-hydrogen) atoms. The molecule has 0 aliphatic carbocycles. The highest BCUT2D eigenvalue weighted by Gasteiger charge is 2.23. The summed E-state index contributed by atoms with van der Waals surface area (Å²) in [6, 6.07) is 9.85. The van der Waals surface area contributed by atoms with Crippen molar-refractivity contribution in [2.45, 2.75) is 45.3 Å². The van der Waals surface area contributed by atoms with Gasteiger partial charge >= 0.3 is 0 Å². The van der Waals surface area contributed by atoms with Gasteiger partial charge in [0.1, 0.15) is 0 Å². The van der Waals surface area contributed by atoms with Crippen LogP contribution in [-0.2, 0) is 20.9 Å². The van der Waals surface area contributed by atoms with Crippen LogP contribution in [0.3, 0.4) is 0 Å². The summed E-state index contributed by atoms with van der Waals surface area (Å²) < 4.78 is 5.78. The number of carbonyl (C=O) groups is 2. The molecule has 2 rings (SSSR count). The van der Waals surface area contributed by atoms with Crippen LogP contribution in [0, 0.1) is 0 Å². The summed E-state index contributed by atoms with van der Waals surface area (Å²) in [6.07, 6.45) is 3.22. The first-order valence-corrected chi connectivity index (χ1v) is 9.49. The quantitative estimate of drug-likeness (QED) is 0.680. The van der Waals surface area contributed by atoms with Crippen LogP contribution in [0.1, 0.15) is 38.2 Å². The summed E-state index contributed by atoms with van der Waals surface area (Å²) in [5.41, 5.74) is 6.55. The number of ether oxygens (including phenoxy) is 1. The molecule has 144 valence electrons. The van der Waals surface area contributed by atoms with Gasteiger partial charge in [-0.3, -0.25) is 9.59 Å². The Kier molecular flexibility index (Phi) is 8.58. The number of likely N-dealkylation sites (tertiary alicyclic amines) is 1. The first-order valence-electron chi connectivity index (χ1n) is 9.49. The minimum Gasteiger partial charge on any atom is -0.378 e. The van der Waals surface area contributed by atoms with E-state index in [0.717, 1.165) is 37.9 Å². The highest BCUT2D eigenvalue weighted by molar-refractivity contribution is 5.78. The molecular weight excluding hydrogens is 330 g/mol. The monoisotopic (exact) mass is 361 g/mol. The van der Waals surface area contributed by atoms with Crippen LogP contribution in [0.15, 0.2) is 30.3 Å². The largest absolute Gasteiger partial charge is 0.378 e. The molecule has 1 aliphatic heterocycles. The number of carbonyl (C=O) groups excluding carboxylic acids is 2. The van der Waals surface area contributed by atoms with Crippen molar-refractivity contribution in [3.63, 3.8) is 0 Å². The van der Waals surface area contributed by atoms with Crippen molar-refractivity contribution in [2.75, 3.05) is 32.8 Å². The molecule has 0 atom stereocenters. The van der Waals surface area contributed by atoms with Crippen molar-refractivity contribution in [1.29, 1.82) is 0 Å². The number of amides is 2. The third kappa shape index (κ3) is 6.77. The molecule has 2 N–H and O–H groups in total. The highest BCUT2D eigenvalue weighted by Crippen LogP contribution is 2.15. The maximum atomic E-state index is 12.5. The summed E-state index contributed by atoms with van der Waals surface area (Å²) in [5.74, 6) is 0.110. The van der Waals surface area contributed by atoms with E-state index >= 15 is 0 Å². The van der Waals surface area contributed by atoms with Gasteiger partial charge in [-0.05, 0) is 31.4 Å². The molecule has 0 radical (unpaired) electrons. The standard InChI is InChI=1S/C20H31N3O3/c1-17(24)23(16-18-6-3-2-4-7-18)14-10-20(25)22-12-8-19(9-13-22)26-15-5-11-21/h2-4,6-7,19H,5,8-16,21H2,1H3. The van der Waals surface area contributed by atoms with Gasteiger partial charge in [-0.15, -0.1) is 0 Å². The lowest BCUT2D eigenvalue weighted by Crippen LogP contribution is -2.42. The van der Waals surface area contributed by atoms with Crippen molar-refractivity contribution in [2.24, 2.45) is 5.73 Å². The average Bonchev–Trinajstić information content (AvgIpc) is 2.66. The van der Waals surface area contributed by atoms with Crippen LogP contribution in [0.2, 0.25) is 0 Å². The molecule has 6 nitrogen and oxygen atoms in total. The molecule has 1 aromatic rings. The summed E-state index contributed by atoms with van der Waals surface area (Å²) in [6.45, 7) is 5.35. The highest BCUT2D eigenvalue weighted by atomic mass is 16.5. The first-order chi connectivity index (χ1) is 12.6. The Morgan fingerprint density at radius 1 is 1.23 bits per heavy atom. The summed E-state index contributed by atoms with van der Waals surface area (Å²) in [5, 5.41) is 0.